The third-order valence-electron chi connectivity index (χ3n) is 4.28. The number of nitrogens with one attached hydrogen (secondary N) is 2. The highest BCUT2D eigenvalue weighted by Gasteiger charge is 2.15. The van der Waals surface area contributed by atoms with Crippen LogP contribution < -0.4 is 10.6 Å². The van der Waals surface area contributed by atoms with E-state index in [4.69, 9.17) is 23.2 Å². The van der Waals surface area contributed by atoms with Crippen molar-refractivity contribution in [2.75, 3.05) is 11.1 Å². The number of aromatic nitrogens is 3. The molecule has 0 fully saturated rings. The molecular formula is C20H18BrCl2N5O2S. The fourth-order valence-corrected chi connectivity index (χ4v) is 4.07. The summed E-state index contributed by atoms with van der Waals surface area (Å²) in [6.07, 6.45) is 0. The normalized spacial score (nSPS) is 10.7. The van der Waals surface area contributed by atoms with Crippen LogP contribution >= 0.6 is 50.9 Å². The maximum Gasteiger partial charge on any atom is 0.253 e. The highest BCUT2D eigenvalue weighted by atomic mass is 79.9. The molecular weight excluding hydrogens is 525 g/mol. The van der Waals surface area contributed by atoms with Gasteiger partial charge in [-0.05, 0) is 48.9 Å². The van der Waals surface area contributed by atoms with Gasteiger partial charge >= 0.3 is 0 Å². The summed E-state index contributed by atoms with van der Waals surface area (Å²) in [7, 11) is 1.77. The van der Waals surface area contributed by atoms with Gasteiger partial charge in [0.2, 0.25) is 5.91 Å². The summed E-state index contributed by atoms with van der Waals surface area (Å²) in [5.41, 5.74) is 2.08. The predicted octanol–water partition coefficient (Wildman–Crippen LogP) is 4.85. The maximum atomic E-state index is 12.3. The average molecular weight is 543 g/mol. The fraction of sp³-hybridized carbons (Fsp3) is 0.200. The summed E-state index contributed by atoms with van der Waals surface area (Å²) in [4.78, 5) is 24.6. The first-order valence-electron chi connectivity index (χ1n) is 9.05. The van der Waals surface area contributed by atoms with Gasteiger partial charge in [-0.15, -0.1) is 10.2 Å². The number of carbonyl (C=O) groups is 2. The zero-order valence-electron chi connectivity index (χ0n) is 16.6. The molecule has 2 amide bonds. The van der Waals surface area contributed by atoms with Gasteiger partial charge in [0, 0.05) is 22.2 Å². The monoisotopic (exact) mass is 541 g/mol. The van der Waals surface area contributed by atoms with Crippen molar-refractivity contribution >= 4 is 68.4 Å². The zero-order chi connectivity index (χ0) is 22.5. The molecule has 0 aliphatic rings. The van der Waals surface area contributed by atoms with Crippen LogP contribution in [0.15, 0.2) is 46.0 Å². The SMILES string of the molecule is Cc1cc(NC(=O)CSc2nnc(CNC(=O)c3ccc(Cl)cc3Cl)n2C)ccc1Br. The number of rotatable bonds is 7. The second kappa shape index (κ2) is 10.5. The Morgan fingerprint density at radius 1 is 1.16 bits per heavy atom. The van der Waals surface area contributed by atoms with E-state index in [1.165, 1.54) is 17.8 Å². The first kappa shape index (κ1) is 23.6. The minimum atomic E-state index is -0.344. The maximum absolute atomic E-state index is 12.3. The molecule has 0 radical (unpaired) electrons. The van der Waals surface area contributed by atoms with Gasteiger partial charge in [-0.3, -0.25) is 9.59 Å². The molecule has 2 aromatic carbocycles. The van der Waals surface area contributed by atoms with Gasteiger partial charge < -0.3 is 15.2 Å². The van der Waals surface area contributed by atoms with Gasteiger partial charge in [0.25, 0.3) is 5.91 Å². The van der Waals surface area contributed by atoms with Crippen molar-refractivity contribution in [1.82, 2.24) is 20.1 Å². The number of anilines is 1. The Kier molecular flexibility index (Phi) is 7.99. The standard InChI is InChI=1S/C20H18BrCl2N5O2S/c1-11-7-13(4-6-15(11)21)25-18(29)10-31-20-27-26-17(28(20)2)9-24-19(30)14-5-3-12(22)8-16(14)23/h3-8H,9-10H2,1-2H3,(H,24,30)(H,25,29). The Balaban J connectivity index is 1.54. The number of halogens is 3. The predicted molar refractivity (Wildman–Crippen MR) is 127 cm³/mol. The molecule has 3 aromatic rings. The lowest BCUT2D eigenvalue weighted by molar-refractivity contribution is -0.113. The number of aryl methyl sites for hydroxylation is 1. The molecule has 0 saturated carbocycles. The van der Waals surface area contributed by atoms with Crippen molar-refractivity contribution in [3.63, 3.8) is 0 Å². The van der Waals surface area contributed by atoms with Crippen LogP contribution in [0.1, 0.15) is 21.7 Å². The van der Waals surface area contributed by atoms with Crippen LogP contribution in [0.4, 0.5) is 5.69 Å². The van der Waals surface area contributed by atoms with Crippen LogP contribution in [-0.4, -0.2) is 32.3 Å². The highest BCUT2D eigenvalue weighted by Crippen LogP contribution is 2.22. The van der Waals surface area contributed by atoms with Gasteiger partial charge in [0.1, 0.15) is 0 Å². The highest BCUT2D eigenvalue weighted by molar-refractivity contribution is 9.10. The summed E-state index contributed by atoms with van der Waals surface area (Å²) < 4.78 is 2.71. The number of hydrogen-bond donors (Lipinski definition) is 2. The van der Waals surface area contributed by atoms with Gasteiger partial charge in [-0.25, -0.2) is 0 Å². The third-order valence-corrected chi connectivity index (χ3v) is 6.74. The van der Waals surface area contributed by atoms with Gasteiger partial charge in [-0.1, -0.05) is 50.9 Å². The van der Waals surface area contributed by atoms with E-state index in [2.05, 4.69) is 36.8 Å². The van der Waals surface area contributed by atoms with Crippen molar-refractivity contribution in [3.8, 4) is 0 Å². The molecule has 0 aliphatic carbocycles. The molecule has 0 aliphatic heterocycles. The van der Waals surface area contributed by atoms with E-state index in [9.17, 15) is 9.59 Å². The van der Waals surface area contributed by atoms with E-state index in [1.54, 1.807) is 23.7 Å². The molecule has 3 rings (SSSR count). The molecule has 0 atom stereocenters. The van der Waals surface area contributed by atoms with Gasteiger partial charge in [0.05, 0.1) is 22.9 Å². The van der Waals surface area contributed by atoms with Crippen molar-refractivity contribution in [1.29, 1.82) is 0 Å². The molecule has 31 heavy (non-hydrogen) atoms. The van der Waals surface area contributed by atoms with E-state index in [0.29, 0.717) is 21.6 Å². The summed E-state index contributed by atoms with van der Waals surface area (Å²) in [6.45, 7) is 2.11. The number of benzene rings is 2. The first-order valence-corrected chi connectivity index (χ1v) is 11.6. The molecule has 0 unspecified atom stereocenters. The molecule has 1 aromatic heterocycles. The summed E-state index contributed by atoms with van der Waals surface area (Å²) >= 11 is 16.6. The number of amides is 2. The van der Waals surface area contributed by atoms with Crippen molar-refractivity contribution in [3.05, 3.63) is 67.9 Å². The minimum absolute atomic E-state index is 0.151. The van der Waals surface area contributed by atoms with E-state index >= 15 is 0 Å². The Bertz CT molecular complexity index is 1140. The lowest BCUT2D eigenvalue weighted by Crippen LogP contribution is -2.24. The Morgan fingerprint density at radius 2 is 1.94 bits per heavy atom. The first-order chi connectivity index (χ1) is 14.7. The topological polar surface area (TPSA) is 88.9 Å². The van der Waals surface area contributed by atoms with Crippen LogP contribution in [0.25, 0.3) is 0 Å². The summed E-state index contributed by atoms with van der Waals surface area (Å²) in [5.74, 6) is 0.225. The lowest BCUT2D eigenvalue weighted by atomic mass is 10.2. The minimum Gasteiger partial charge on any atom is -0.345 e. The molecule has 7 nitrogen and oxygen atoms in total. The molecule has 1 heterocycles. The second-order valence-electron chi connectivity index (χ2n) is 6.57. The van der Waals surface area contributed by atoms with Crippen LogP contribution in [0.5, 0.6) is 0 Å². The quantitative estimate of drug-likeness (QED) is 0.416. The average Bonchev–Trinajstić information content (AvgIpc) is 3.07. The van der Waals surface area contributed by atoms with Crippen molar-refractivity contribution in [2.45, 2.75) is 18.6 Å². The molecule has 0 saturated heterocycles. The second-order valence-corrected chi connectivity index (χ2v) is 9.21. The van der Waals surface area contributed by atoms with E-state index < -0.39 is 0 Å². The Morgan fingerprint density at radius 3 is 2.65 bits per heavy atom. The molecule has 11 heteroatoms. The van der Waals surface area contributed by atoms with E-state index in [-0.39, 0.29) is 29.1 Å². The fourth-order valence-electron chi connectivity index (χ4n) is 2.60. The molecule has 0 spiro atoms. The molecule has 0 bridgehead atoms. The Hall–Kier alpha value is -2.07. The van der Waals surface area contributed by atoms with Crippen LogP contribution in [0, 0.1) is 6.92 Å². The van der Waals surface area contributed by atoms with E-state index in [0.717, 1.165) is 15.7 Å². The summed E-state index contributed by atoms with van der Waals surface area (Å²) in [6, 6.07) is 10.3. The number of hydrogen-bond acceptors (Lipinski definition) is 5. The zero-order valence-corrected chi connectivity index (χ0v) is 20.5. The van der Waals surface area contributed by atoms with Gasteiger partial charge in [-0.2, -0.15) is 0 Å². The molecule has 2 N–H and O–H groups in total. The van der Waals surface area contributed by atoms with E-state index in [1.807, 2.05) is 25.1 Å². The smallest absolute Gasteiger partial charge is 0.253 e. The van der Waals surface area contributed by atoms with Crippen molar-refractivity contribution in [2.24, 2.45) is 7.05 Å². The van der Waals surface area contributed by atoms with Gasteiger partial charge in [0.15, 0.2) is 11.0 Å². The van der Waals surface area contributed by atoms with Crippen molar-refractivity contribution < 1.29 is 9.59 Å². The third kappa shape index (κ3) is 6.22. The number of carbonyl (C=O) groups excluding carboxylic acids is 2. The van der Waals surface area contributed by atoms with Crippen LogP contribution in [-0.2, 0) is 18.4 Å². The van der Waals surface area contributed by atoms with Crippen LogP contribution in [0.2, 0.25) is 10.0 Å². The number of thioether (sulfide) groups is 1. The largest absolute Gasteiger partial charge is 0.345 e. The number of nitrogens with zero attached hydrogens (tertiary/aromatic N) is 3. The summed E-state index contributed by atoms with van der Waals surface area (Å²) in [5, 5.41) is 15.1. The molecule has 162 valence electrons. The van der Waals surface area contributed by atoms with Crippen LogP contribution in [0.3, 0.4) is 0 Å². The Labute approximate surface area is 202 Å². The lowest BCUT2D eigenvalue weighted by Gasteiger charge is -2.08.